The predicted molar refractivity (Wildman–Crippen MR) is 124 cm³/mol. The summed E-state index contributed by atoms with van der Waals surface area (Å²) in [6, 6.07) is 5.84. The van der Waals surface area contributed by atoms with Crippen molar-refractivity contribution in [1.29, 1.82) is 0 Å². The Hall–Kier alpha value is -2.20. The lowest BCUT2D eigenvalue weighted by atomic mass is 9.80. The summed E-state index contributed by atoms with van der Waals surface area (Å²) >= 11 is 8.79. The van der Waals surface area contributed by atoms with Crippen molar-refractivity contribution in [2.75, 3.05) is 11.3 Å². The van der Waals surface area contributed by atoms with Crippen molar-refractivity contribution < 1.29 is 17.9 Å². The van der Waals surface area contributed by atoms with E-state index in [9.17, 15) is 13.2 Å². The summed E-state index contributed by atoms with van der Waals surface area (Å²) in [6.45, 7) is 0.0759. The lowest BCUT2D eigenvalue weighted by molar-refractivity contribution is 0.252. The van der Waals surface area contributed by atoms with E-state index in [-0.39, 0.29) is 34.9 Å². The van der Waals surface area contributed by atoms with Crippen LogP contribution in [-0.4, -0.2) is 17.6 Å². The van der Waals surface area contributed by atoms with E-state index >= 15 is 0 Å². The zero-order valence-electron chi connectivity index (χ0n) is 16.7. The predicted octanol–water partition coefficient (Wildman–Crippen LogP) is 6.53. The van der Waals surface area contributed by atoms with Gasteiger partial charge in [-0.15, -0.1) is 11.3 Å². The standard InChI is InChI=1S/C22H19ClF3N3OS2/c23-16-7-21(32-29-22-10-31-11-28-22)18(26)8-20(16)30-9-15-13(2-1-3-19(15)27)14-5-4-12(24)6-17(14)25/h2,4-8,10-11,15,19,29H,1,3,9,27H2. The summed E-state index contributed by atoms with van der Waals surface area (Å²) in [5.74, 6) is -1.39. The van der Waals surface area contributed by atoms with Crippen molar-refractivity contribution in [1.82, 2.24) is 4.98 Å². The Morgan fingerprint density at radius 1 is 1.22 bits per heavy atom. The Kier molecular flexibility index (Phi) is 7.30. The molecule has 0 aliphatic heterocycles. The largest absolute Gasteiger partial charge is 0.491 e. The van der Waals surface area contributed by atoms with Crippen LogP contribution >= 0.6 is 34.9 Å². The Morgan fingerprint density at radius 2 is 2.06 bits per heavy atom. The normalized spacial score (nSPS) is 18.3. The second kappa shape index (κ2) is 10.2. The molecular formula is C22H19ClF3N3OS2. The van der Waals surface area contributed by atoms with Gasteiger partial charge in [0, 0.05) is 35.0 Å². The minimum atomic E-state index is -0.659. The van der Waals surface area contributed by atoms with Gasteiger partial charge < -0.3 is 15.2 Å². The van der Waals surface area contributed by atoms with Crippen molar-refractivity contribution in [2.24, 2.45) is 11.7 Å². The molecule has 2 aromatic carbocycles. The number of hydrogen-bond donors (Lipinski definition) is 2. The summed E-state index contributed by atoms with van der Waals surface area (Å²) < 4.78 is 51.1. The molecule has 32 heavy (non-hydrogen) atoms. The van der Waals surface area contributed by atoms with Crippen LogP contribution in [-0.2, 0) is 0 Å². The van der Waals surface area contributed by atoms with Crippen molar-refractivity contribution in [3.63, 3.8) is 0 Å². The van der Waals surface area contributed by atoms with Crippen LogP contribution in [0.25, 0.3) is 5.57 Å². The SMILES string of the molecule is NC1CCC=C(c2ccc(F)cc2F)C1COc1cc(F)c(SNc2cscn2)cc1Cl. The van der Waals surface area contributed by atoms with E-state index in [4.69, 9.17) is 22.1 Å². The molecular weight excluding hydrogens is 479 g/mol. The van der Waals surface area contributed by atoms with Crippen molar-refractivity contribution in [2.45, 2.75) is 23.8 Å². The molecule has 1 aromatic heterocycles. The van der Waals surface area contributed by atoms with E-state index in [0.29, 0.717) is 29.1 Å². The Morgan fingerprint density at radius 3 is 2.81 bits per heavy atom. The number of thiazole rings is 1. The zero-order chi connectivity index (χ0) is 22.7. The second-order valence-electron chi connectivity index (χ2n) is 7.23. The fraction of sp³-hybridized carbons (Fsp3) is 0.227. The highest BCUT2D eigenvalue weighted by Crippen LogP contribution is 2.37. The van der Waals surface area contributed by atoms with Crippen LogP contribution in [0, 0.1) is 23.4 Å². The Labute approximate surface area is 196 Å². The number of allylic oxidation sites excluding steroid dienone is 1. The molecule has 4 nitrogen and oxygen atoms in total. The molecule has 2 unspecified atom stereocenters. The third kappa shape index (κ3) is 5.23. The first-order valence-electron chi connectivity index (χ1n) is 9.76. The summed E-state index contributed by atoms with van der Waals surface area (Å²) in [5, 5.41) is 2.03. The van der Waals surface area contributed by atoms with E-state index in [1.54, 1.807) is 10.9 Å². The fourth-order valence-corrected chi connectivity index (χ4v) is 5.01. The van der Waals surface area contributed by atoms with Crippen molar-refractivity contribution in [3.05, 3.63) is 75.3 Å². The Bertz CT molecular complexity index is 1130. The average Bonchev–Trinajstić information content (AvgIpc) is 3.27. The maximum absolute atomic E-state index is 14.6. The van der Waals surface area contributed by atoms with Crippen LogP contribution in [0.3, 0.4) is 0 Å². The van der Waals surface area contributed by atoms with Gasteiger partial charge in [0.25, 0.3) is 0 Å². The molecule has 168 valence electrons. The van der Waals surface area contributed by atoms with Gasteiger partial charge in [0.05, 0.1) is 22.0 Å². The lowest BCUT2D eigenvalue weighted by Crippen LogP contribution is -2.37. The third-order valence-electron chi connectivity index (χ3n) is 5.13. The van der Waals surface area contributed by atoms with Gasteiger partial charge in [0.1, 0.15) is 29.0 Å². The quantitative estimate of drug-likeness (QED) is 0.363. The van der Waals surface area contributed by atoms with Gasteiger partial charge in [0.2, 0.25) is 0 Å². The minimum absolute atomic E-state index is 0.0759. The second-order valence-corrected chi connectivity index (χ2v) is 9.21. The molecule has 2 atom stereocenters. The number of ether oxygens (including phenoxy) is 1. The number of anilines is 1. The first-order valence-corrected chi connectivity index (χ1v) is 11.9. The molecule has 0 radical (unpaired) electrons. The number of nitrogens with one attached hydrogen (secondary N) is 1. The van der Waals surface area contributed by atoms with Gasteiger partial charge in [-0.1, -0.05) is 17.7 Å². The van der Waals surface area contributed by atoms with E-state index in [0.717, 1.165) is 18.0 Å². The molecule has 0 bridgehead atoms. The van der Waals surface area contributed by atoms with Crippen LogP contribution in [0.2, 0.25) is 5.02 Å². The summed E-state index contributed by atoms with van der Waals surface area (Å²) in [5.41, 5.74) is 8.89. The highest BCUT2D eigenvalue weighted by atomic mass is 35.5. The number of rotatable bonds is 7. The van der Waals surface area contributed by atoms with Gasteiger partial charge >= 0.3 is 0 Å². The fourth-order valence-electron chi connectivity index (χ4n) is 3.51. The minimum Gasteiger partial charge on any atom is -0.491 e. The lowest BCUT2D eigenvalue weighted by Gasteiger charge is -2.30. The van der Waals surface area contributed by atoms with Crippen LogP contribution in [0.15, 0.2) is 52.2 Å². The zero-order valence-corrected chi connectivity index (χ0v) is 19.0. The molecule has 1 aliphatic rings. The highest BCUT2D eigenvalue weighted by molar-refractivity contribution is 8.00. The van der Waals surface area contributed by atoms with Crippen LogP contribution in [0.5, 0.6) is 5.75 Å². The molecule has 0 amide bonds. The summed E-state index contributed by atoms with van der Waals surface area (Å²) in [6.07, 6.45) is 3.26. The van der Waals surface area contributed by atoms with Crippen molar-refractivity contribution in [3.8, 4) is 5.75 Å². The third-order valence-corrected chi connectivity index (χ3v) is 6.85. The summed E-state index contributed by atoms with van der Waals surface area (Å²) in [7, 11) is 0. The number of benzene rings is 2. The monoisotopic (exact) mass is 497 g/mol. The molecule has 0 saturated heterocycles. The van der Waals surface area contributed by atoms with Crippen LogP contribution in [0.1, 0.15) is 18.4 Å². The number of nitrogens with two attached hydrogens (primary N) is 1. The van der Waals surface area contributed by atoms with Crippen LogP contribution < -0.4 is 15.2 Å². The number of halogens is 4. The van der Waals surface area contributed by atoms with E-state index in [1.807, 2.05) is 6.08 Å². The van der Waals surface area contributed by atoms with Crippen LogP contribution in [0.4, 0.5) is 19.0 Å². The first kappa shape index (κ1) is 23.0. The number of nitrogens with zero attached hydrogens (tertiary/aromatic N) is 1. The van der Waals surface area contributed by atoms with Gasteiger partial charge in [-0.25, -0.2) is 18.2 Å². The van der Waals surface area contributed by atoms with Gasteiger partial charge in [-0.05, 0) is 48.6 Å². The van der Waals surface area contributed by atoms with Crippen molar-refractivity contribution >= 4 is 46.3 Å². The first-order chi connectivity index (χ1) is 15.4. The molecule has 4 rings (SSSR count). The van der Waals surface area contributed by atoms with E-state index < -0.39 is 17.5 Å². The van der Waals surface area contributed by atoms with E-state index in [2.05, 4.69) is 9.71 Å². The molecule has 0 saturated carbocycles. The molecule has 0 fully saturated rings. The average molecular weight is 498 g/mol. The molecule has 1 heterocycles. The molecule has 0 spiro atoms. The highest BCUT2D eigenvalue weighted by Gasteiger charge is 2.29. The molecule has 10 heteroatoms. The van der Waals surface area contributed by atoms with Gasteiger partial charge in [-0.2, -0.15) is 0 Å². The molecule has 1 aliphatic carbocycles. The Balaban J connectivity index is 1.49. The number of aromatic nitrogens is 1. The molecule has 3 N–H and O–H groups in total. The maximum atomic E-state index is 14.6. The maximum Gasteiger partial charge on any atom is 0.147 e. The van der Waals surface area contributed by atoms with Gasteiger partial charge in [-0.3, -0.25) is 0 Å². The summed E-state index contributed by atoms with van der Waals surface area (Å²) in [4.78, 5) is 4.36. The smallest absolute Gasteiger partial charge is 0.147 e. The topological polar surface area (TPSA) is 60.2 Å². The molecule has 3 aromatic rings. The number of hydrogen-bond acceptors (Lipinski definition) is 6. The van der Waals surface area contributed by atoms with Gasteiger partial charge in [0.15, 0.2) is 0 Å². The van der Waals surface area contributed by atoms with E-state index in [1.165, 1.54) is 35.6 Å².